The fourth-order valence-electron chi connectivity index (χ4n) is 5.73. The number of benzene rings is 1. The normalized spacial score (nSPS) is 31.3. The molecule has 0 unspecified atom stereocenters. The largest absolute Gasteiger partial charge is 0.508 e. The van der Waals surface area contributed by atoms with Gasteiger partial charge in [0.2, 0.25) is 0 Å². The van der Waals surface area contributed by atoms with Crippen LogP contribution < -0.4 is 4.74 Å². The summed E-state index contributed by atoms with van der Waals surface area (Å²) in [5.41, 5.74) is 2.13. The predicted molar refractivity (Wildman–Crippen MR) is 107 cm³/mol. The number of ether oxygens (including phenoxy) is 1. The van der Waals surface area contributed by atoms with Gasteiger partial charge in [-0.15, -0.1) is 0 Å². The molecule has 0 saturated heterocycles. The molecule has 3 aliphatic rings. The first-order valence-corrected chi connectivity index (χ1v) is 11.3. The second kappa shape index (κ2) is 6.70. The van der Waals surface area contributed by atoms with Crippen molar-refractivity contribution in [2.45, 2.75) is 88.3 Å². The molecule has 0 radical (unpaired) electrons. The van der Waals surface area contributed by atoms with Crippen molar-refractivity contribution in [3.05, 3.63) is 23.3 Å². The van der Waals surface area contributed by atoms with Gasteiger partial charge in [-0.3, -0.25) is 0 Å². The number of aromatic hydroxyl groups is 1. The maximum absolute atomic E-state index is 11.0. The highest BCUT2D eigenvalue weighted by atomic mass is 79.9. The van der Waals surface area contributed by atoms with Crippen molar-refractivity contribution < 1.29 is 14.9 Å². The summed E-state index contributed by atoms with van der Waals surface area (Å²) in [5, 5.41) is 22.2. The molecular formula is C22H31BrO3. The number of rotatable bonds is 4. The lowest BCUT2D eigenvalue weighted by molar-refractivity contribution is -0.0318. The summed E-state index contributed by atoms with van der Waals surface area (Å²) in [6.45, 7) is 4.33. The first-order chi connectivity index (χ1) is 12.4. The fraction of sp³-hybridized carbons (Fsp3) is 0.727. The molecule has 0 aromatic heterocycles. The minimum Gasteiger partial charge on any atom is -0.508 e. The van der Waals surface area contributed by atoms with Crippen molar-refractivity contribution in [1.82, 2.24) is 0 Å². The number of fused-ring (bicyclic) bond motifs is 3. The van der Waals surface area contributed by atoms with Gasteiger partial charge in [-0.05, 0) is 81.9 Å². The molecule has 1 aromatic carbocycles. The van der Waals surface area contributed by atoms with Gasteiger partial charge in [-0.1, -0.05) is 22.4 Å². The average Bonchev–Trinajstić information content (AvgIpc) is 2.52. The van der Waals surface area contributed by atoms with Crippen molar-refractivity contribution in [2.24, 2.45) is 5.92 Å². The number of halogens is 1. The van der Waals surface area contributed by atoms with Crippen molar-refractivity contribution in [1.29, 1.82) is 0 Å². The van der Waals surface area contributed by atoms with Gasteiger partial charge in [0.1, 0.15) is 17.1 Å². The Morgan fingerprint density at radius 3 is 2.65 bits per heavy atom. The van der Waals surface area contributed by atoms with Crippen LogP contribution in [0.2, 0.25) is 0 Å². The third-order valence-corrected chi connectivity index (χ3v) is 7.85. The maximum atomic E-state index is 11.0. The van der Waals surface area contributed by atoms with E-state index < -0.39 is 0 Å². The van der Waals surface area contributed by atoms with E-state index in [0.29, 0.717) is 11.7 Å². The summed E-state index contributed by atoms with van der Waals surface area (Å²) >= 11 is 3.56. The number of phenolic OH excluding ortho intramolecular Hbond substituents is 1. The van der Waals surface area contributed by atoms with Crippen LogP contribution in [-0.4, -0.2) is 27.2 Å². The Morgan fingerprint density at radius 1 is 1.23 bits per heavy atom. The smallest absolute Gasteiger partial charge is 0.127 e. The van der Waals surface area contributed by atoms with Crippen LogP contribution in [0, 0.1) is 5.92 Å². The second-order valence-corrected chi connectivity index (χ2v) is 10.0. The van der Waals surface area contributed by atoms with Crippen LogP contribution in [0.4, 0.5) is 0 Å². The molecule has 1 aromatic rings. The number of hydrogen-bond acceptors (Lipinski definition) is 3. The highest BCUT2D eigenvalue weighted by Gasteiger charge is 2.48. The van der Waals surface area contributed by atoms with Gasteiger partial charge in [0.05, 0.1) is 6.10 Å². The molecule has 2 aliphatic carbocycles. The standard InChI is InChI=1S/C22H31BrO3/c1-21(2)17-6-5-15(24)13-16(17)20-18(25)11-14(12-19(20)26-21)22(7-3-8-22)9-4-10-23/h11-12,15-17,24-25H,3-10,13H2,1-2H3/t15-,16-,17-/m1/s1. The van der Waals surface area contributed by atoms with Crippen LogP contribution in [-0.2, 0) is 5.41 Å². The first-order valence-electron chi connectivity index (χ1n) is 10.2. The highest BCUT2D eigenvalue weighted by Crippen LogP contribution is 2.57. The zero-order valence-electron chi connectivity index (χ0n) is 15.9. The van der Waals surface area contributed by atoms with Crippen molar-refractivity contribution in [3.8, 4) is 11.5 Å². The van der Waals surface area contributed by atoms with Crippen molar-refractivity contribution in [2.75, 3.05) is 5.33 Å². The topological polar surface area (TPSA) is 49.7 Å². The minimum atomic E-state index is -0.269. The summed E-state index contributed by atoms with van der Waals surface area (Å²) in [4.78, 5) is 0. The zero-order valence-corrected chi connectivity index (χ0v) is 17.5. The van der Waals surface area contributed by atoms with Crippen molar-refractivity contribution in [3.63, 3.8) is 0 Å². The van der Waals surface area contributed by atoms with Crippen LogP contribution in [0.5, 0.6) is 11.5 Å². The van der Waals surface area contributed by atoms with E-state index in [1.54, 1.807) is 0 Å². The molecule has 3 nitrogen and oxygen atoms in total. The van der Waals surface area contributed by atoms with Crippen LogP contribution >= 0.6 is 15.9 Å². The number of alkyl halides is 1. The molecule has 1 heterocycles. The maximum Gasteiger partial charge on any atom is 0.127 e. The van der Waals surface area contributed by atoms with Crippen LogP contribution in [0.1, 0.15) is 82.3 Å². The Labute approximate surface area is 165 Å². The Bertz CT molecular complexity index is 680. The molecule has 0 bridgehead atoms. The molecule has 0 amide bonds. The average molecular weight is 423 g/mol. The van der Waals surface area contributed by atoms with E-state index in [4.69, 9.17) is 4.74 Å². The van der Waals surface area contributed by atoms with E-state index in [1.807, 2.05) is 6.07 Å². The van der Waals surface area contributed by atoms with Crippen LogP contribution in [0.25, 0.3) is 0 Å². The van der Waals surface area contributed by atoms with Crippen LogP contribution in [0.15, 0.2) is 12.1 Å². The van der Waals surface area contributed by atoms with Gasteiger partial charge in [0.25, 0.3) is 0 Å². The molecule has 4 heteroatoms. The number of hydrogen-bond donors (Lipinski definition) is 2. The molecule has 2 fully saturated rings. The first kappa shape index (κ1) is 18.6. The Morgan fingerprint density at radius 2 is 2.00 bits per heavy atom. The third kappa shape index (κ3) is 2.97. The third-order valence-electron chi connectivity index (χ3n) is 7.29. The molecule has 2 N–H and O–H groups in total. The number of aliphatic hydroxyl groups excluding tert-OH is 1. The van der Waals surface area contributed by atoms with Crippen molar-refractivity contribution >= 4 is 15.9 Å². The molecule has 0 spiro atoms. The molecular weight excluding hydrogens is 392 g/mol. The molecule has 3 atom stereocenters. The lowest BCUT2D eigenvalue weighted by Gasteiger charge is -2.49. The van der Waals surface area contributed by atoms with Gasteiger partial charge < -0.3 is 14.9 Å². The minimum absolute atomic E-state index is 0.187. The van der Waals surface area contributed by atoms with E-state index in [0.717, 1.165) is 48.7 Å². The summed E-state index contributed by atoms with van der Waals surface area (Å²) in [5.74, 6) is 1.76. The van der Waals surface area contributed by atoms with E-state index in [9.17, 15) is 10.2 Å². The SMILES string of the molecule is CC1(C)Oc2cc(C3(CCCBr)CCC3)cc(O)c2[C@@H]2C[C@H](O)CC[C@H]21. The van der Waals surface area contributed by atoms with Gasteiger partial charge >= 0.3 is 0 Å². The zero-order chi connectivity index (χ0) is 18.5. The molecule has 26 heavy (non-hydrogen) atoms. The van der Waals surface area contributed by atoms with Crippen LogP contribution in [0.3, 0.4) is 0 Å². The molecule has 4 rings (SSSR count). The lowest BCUT2D eigenvalue weighted by Crippen LogP contribution is -2.47. The quantitative estimate of drug-likeness (QED) is 0.638. The van der Waals surface area contributed by atoms with E-state index in [2.05, 4.69) is 35.8 Å². The summed E-state index contributed by atoms with van der Waals surface area (Å²) in [7, 11) is 0. The Kier molecular flexibility index (Phi) is 4.80. The molecule has 1 aliphatic heterocycles. The molecule has 2 saturated carbocycles. The fourth-order valence-corrected chi connectivity index (χ4v) is 6.01. The monoisotopic (exact) mass is 422 g/mol. The Balaban J connectivity index is 1.75. The van der Waals surface area contributed by atoms with E-state index in [-0.39, 0.29) is 23.0 Å². The van der Waals surface area contributed by atoms with Gasteiger partial charge in [0.15, 0.2) is 0 Å². The van der Waals surface area contributed by atoms with E-state index >= 15 is 0 Å². The lowest BCUT2D eigenvalue weighted by atomic mass is 9.61. The summed E-state index contributed by atoms with van der Waals surface area (Å²) < 4.78 is 6.46. The van der Waals surface area contributed by atoms with Gasteiger partial charge in [-0.25, -0.2) is 0 Å². The number of phenols is 1. The number of aliphatic hydroxyl groups is 1. The second-order valence-electron chi connectivity index (χ2n) is 9.22. The molecule has 144 valence electrons. The van der Waals surface area contributed by atoms with E-state index in [1.165, 1.54) is 24.8 Å². The summed E-state index contributed by atoms with van der Waals surface area (Å²) in [6, 6.07) is 4.22. The van der Waals surface area contributed by atoms with Gasteiger partial charge in [0, 0.05) is 22.7 Å². The predicted octanol–water partition coefficient (Wildman–Crippen LogP) is 5.40. The summed E-state index contributed by atoms with van der Waals surface area (Å²) in [6.07, 6.45) is 8.22. The Hall–Kier alpha value is -0.740. The van der Waals surface area contributed by atoms with Gasteiger partial charge in [-0.2, -0.15) is 0 Å². The highest BCUT2D eigenvalue weighted by molar-refractivity contribution is 9.09.